The van der Waals surface area contributed by atoms with Crippen LogP contribution >= 0.6 is 0 Å². The monoisotopic (exact) mass is 272 g/mol. The first-order valence-electron chi connectivity index (χ1n) is 6.37. The average Bonchev–Trinajstić information content (AvgIpc) is 2.37. The Hall–Kier alpha value is -1.63. The standard InChI is InChI=1S/C12H20N2O5/c1-14(8-9-4-2-3-7-19-9)12(18)13-10(15)5-6-11(16)17/h9H,2-8H2,1H3,(H,16,17)(H,13,15,18). The van der Waals surface area contributed by atoms with Gasteiger partial charge in [-0.1, -0.05) is 0 Å². The molecule has 1 atom stereocenters. The smallest absolute Gasteiger partial charge is 0.323 e. The second-order valence-electron chi connectivity index (χ2n) is 4.62. The molecule has 2 N–H and O–H groups in total. The van der Waals surface area contributed by atoms with Crippen LogP contribution in [0.25, 0.3) is 0 Å². The fraction of sp³-hybridized carbons (Fsp3) is 0.750. The van der Waals surface area contributed by atoms with Crippen LogP contribution in [0.15, 0.2) is 0 Å². The molecule has 108 valence electrons. The molecular formula is C12H20N2O5. The molecule has 1 rings (SSSR count). The number of hydrogen-bond acceptors (Lipinski definition) is 4. The number of nitrogens with zero attached hydrogens (tertiary/aromatic N) is 1. The molecule has 19 heavy (non-hydrogen) atoms. The Morgan fingerprint density at radius 2 is 2.05 bits per heavy atom. The highest BCUT2D eigenvalue weighted by Gasteiger charge is 2.20. The molecule has 1 aliphatic rings. The van der Waals surface area contributed by atoms with Crippen molar-refractivity contribution in [1.29, 1.82) is 0 Å². The van der Waals surface area contributed by atoms with Gasteiger partial charge >= 0.3 is 12.0 Å². The van der Waals surface area contributed by atoms with Gasteiger partial charge in [0, 0.05) is 26.6 Å². The lowest BCUT2D eigenvalue weighted by atomic mass is 10.1. The lowest BCUT2D eigenvalue weighted by Crippen LogP contribution is -2.44. The maximum Gasteiger partial charge on any atom is 0.323 e. The van der Waals surface area contributed by atoms with Crippen LogP contribution in [0.5, 0.6) is 0 Å². The zero-order chi connectivity index (χ0) is 14.3. The van der Waals surface area contributed by atoms with Crippen LogP contribution in [0.2, 0.25) is 0 Å². The summed E-state index contributed by atoms with van der Waals surface area (Å²) >= 11 is 0. The Balaban J connectivity index is 2.27. The maximum atomic E-state index is 11.7. The average molecular weight is 272 g/mol. The van der Waals surface area contributed by atoms with E-state index >= 15 is 0 Å². The van der Waals surface area contributed by atoms with Crippen LogP contribution in [-0.2, 0) is 14.3 Å². The molecule has 1 saturated heterocycles. The first-order chi connectivity index (χ1) is 8.99. The highest BCUT2D eigenvalue weighted by Crippen LogP contribution is 2.13. The molecule has 3 amide bonds. The summed E-state index contributed by atoms with van der Waals surface area (Å²) in [7, 11) is 1.58. The first-order valence-corrected chi connectivity index (χ1v) is 6.37. The van der Waals surface area contributed by atoms with E-state index in [9.17, 15) is 14.4 Å². The summed E-state index contributed by atoms with van der Waals surface area (Å²) in [5.41, 5.74) is 0. The summed E-state index contributed by atoms with van der Waals surface area (Å²) in [4.78, 5) is 34.6. The second-order valence-corrected chi connectivity index (χ2v) is 4.62. The summed E-state index contributed by atoms with van der Waals surface area (Å²) < 4.78 is 5.50. The normalized spacial score (nSPS) is 18.7. The Morgan fingerprint density at radius 3 is 2.63 bits per heavy atom. The van der Waals surface area contributed by atoms with Crippen LogP contribution in [0.4, 0.5) is 4.79 Å². The van der Waals surface area contributed by atoms with Crippen molar-refractivity contribution in [2.75, 3.05) is 20.2 Å². The summed E-state index contributed by atoms with van der Waals surface area (Å²) in [5.74, 6) is -1.64. The number of rotatable bonds is 5. The molecule has 1 fully saturated rings. The number of aliphatic carboxylic acids is 1. The number of ether oxygens (including phenoxy) is 1. The predicted octanol–water partition coefficient (Wildman–Crippen LogP) is 0.588. The van der Waals surface area contributed by atoms with Gasteiger partial charge in [-0.05, 0) is 19.3 Å². The van der Waals surface area contributed by atoms with Crippen molar-refractivity contribution in [3.05, 3.63) is 0 Å². The molecule has 1 unspecified atom stereocenters. The molecule has 0 aromatic heterocycles. The third-order valence-corrected chi connectivity index (χ3v) is 2.91. The van der Waals surface area contributed by atoms with Crippen LogP contribution in [0.3, 0.4) is 0 Å². The lowest BCUT2D eigenvalue weighted by molar-refractivity contribution is -0.138. The highest BCUT2D eigenvalue weighted by molar-refractivity contribution is 5.95. The van der Waals surface area contributed by atoms with Crippen molar-refractivity contribution in [2.45, 2.75) is 38.2 Å². The van der Waals surface area contributed by atoms with E-state index in [1.165, 1.54) is 4.90 Å². The Morgan fingerprint density at radius 1 is 1.32 bits per heavy atom. The third kappa shape index (κ3) is 6.19. The molecule has 0 aromatic carbocycles. The predicted molar refractivity (Wildman–Crippen MR) is 66.6 cm³/mol. The van der Waals surface area contributed by atoms with Gasteiger partial charge in [0.1, 0.15) is 0 Å². The number of carbonyl (C=O) groups is 3. The minimum Gasteiger partial charge on any atom is -0.481 e. The van der Waals surface area contributed by atoms with Crippen molar-refractivity contribution < 1.29 is 24.2 Å². The van der Waals surface area contributed by atoms with Crippen molar-refractivity contribution in [1.82, 2.24) is 10.2 Å². The number of likely N-dealkylation sites (N-methyl/N-ethyl adjacent to an activating group) is 1. The number of carboxylic acid groups (broad SMARTS) is 1. The van der Waals surface area contributed by atoms with Crippen LogP contribution in [0.1, 0.15) is 32.1 Å². The van der Waals surface area contributed by atoms with Gasteiger partial charge < -0.3 is 14.7 Å². The Bertz CT molecular complexity index is 339. The molecular weight excluding hydrogens is 252 g/mol. The Labute approximate surface area is 111 Å². The summed E-state index contributed by atoms with van der Waals surface area (Å²) in [5, 5.41) is 10.6. The molecule has 7 heteroatoms. The van der Waals surface area contributed by atoms with E-state index in [0.29, 0.717) is 13.2 Å². The summed E-state index contributed by atoms with van der Waals surface area (Å²) in [6.45, 7) is 1.13. The van der Waals surface area contributed by atoms with Gasteiger partial charge in [-0.15, -0.1) is 0 Å². The summed E-state index contributed by atoms with van der Waals surface area (Å²) in [6, 6.07) is -0.524. The molecule has 0 radical (unpaired) electrons. The van der Waals surface area contributed by atoms with E-state index in [2.05, 4.69) is 5.32 Å². The van der Waals surface area contributed by atoms with Gasteiger partial charge in [0.15, 0.2) is 0 Å². The molecule has 0 spiro atoms. The summed E-state index contributed by atoms with van der Waals surface area (Å²) in [6.07, 6.45) is 2.56. The number of nitrogens with one attached hydrogen (secondary N) is 1. The largest absolute Gasteiger partial charge is 0.481 e. The van der Waals surface area contributed by atoms with Gasteiger partial charge in [-0.25, -0.2) is 4.79 Å². The van der Waals surface area contributed by atoms with E-state index in [1.807, 2.05) is 0 Å². The lowest BCUT2D eigenvalue weighted by Gasteiger charge is -2.27. The zero-order valence-corrected chi connectivity index (χ0v) is 11.1. The molecule has 0 saturated carbocycles. The number of amides is 3. The molecule has 1 heterocycles. The molecule has 0 aromatic rings. The number of imide groups is 1. The van der Waals surface area contributed by atoms with Crippen molar-refractivity contribution in [3.63, 3.8) is 0 Å². The SMILES string of the molecule is CN(CC1CCCCO1)C(=O)NC(=O)CCC(=O)O. The topological polar surface area (TPSA) is 95.9 Å². The molecule has 1 aliphatic heterocycles. The Kier molecular flexibility index (Phi) is 6.27. The van der Waals surface area contributed by atoms with Gasteiger partial charge in [0.25, 0.3) is 0 Å². The van der Waals surface area contributed by atoms with Crippen molar-refractivity contribution in [2.24, 2.45) is 0 Å². The molecule has 0 aliphatic carbocycles. The van der Waals surface area contributed by atoms with Crippen LogP contribution < -0.4 is 5.32 Å². The van der Waals surface area contributed by atoms with Crippen LogP contribution in [-0.4, -0.2) is 54.2 Å². The quantitative estimate of drug-likeness (QED) is 0.763. The van der Waals surface area contributed by atoms with E-state index in [0.717, 1.165) is 19.3 Å². The number of urea groups is 1. The van der Waals surface area contributed by atoms with Gasteiger partial charge in [0.05, 0.1) is 12.5 Å². The van der Waals surface area contributed by atoms with Crippen LogP contribution in [0, 0.1) is 0 Å². The number of hydrogen-bond donors (Lipinski definition) is 2. The van der Waals surface area contributed by atoms with Crippen molar-refractivity contribution >= 4 is 17.9 Å². The van der Waals surface area contributed by atoms with E-state index in [1.54, 1.807) is 7.05 Å². The molecule has 0 bridgehead atoms. The van der Waals surface area contributed by atoms with Gasteiger partial charge in [-0.3, -0.25) is 14.9 Å². The van der Waals surface area contributed by atoms with Gasteiger partial charge in [0.2, 0.25) is 5.91 Å². The van der Waals surface area contributed by atoms with Crippen molar-refractivity contribution in [3.8, 4) is 0 Å². The maximum absolute atomic E-state index is 11.7. The first kappa shape index (κ1) is 15.4. The second kappa shape index (κ2) is 7.73. The van der Waals surface area contributed by atoms with E-state index in [-0.39, 0.29) is 18.9 Å². The number of carbonyl (C=O) groups excluding carboxylic acids is 2. The third-order valence-electron chi connectivity index (χ3n) is 2.91. The minimum absolute atomic E-state index is 0.0126. The van der Waals surface area contributed by atoms with E-state index < -0.39 is 17.9 Å². The van der Waals surface area contributed by atoms with E-state index in [4.69, 9.17) is 9.84 Å². The zero-order valence-electron chi connectivity index (χ0n) is 11.1. The number of carboxylic acids is 1. The highest BCUT2D eigenvalue weighted by atomic mass is 16.5. The fourth-order valence-corrected chi connectivity index (χ4v) is 1.84. The molecule has 7 nitrogen and oxygen atoms in total. The fourth-order valence-electron chi connectivity index (χ4n) is 1.84. The van der Waals surface area contributed by atoms with Gasteiger partial charge in [-0.2, -0.15) is 0 Å². The minimum atomic E-state index is -1.06.